The lowest BCUT2D eigenvalue weighted by Gasteiger charge is -2.23. The van der Waals surface area contributed by atoms with Crippen LogP contribution < -0.4 is 10.5 Å². The number of hydrogen-bond donors (Lipinski definition) is 0. The molecule has 0 bridgehead atoms. The topological polar surface area (TPSA) is 81.7 Å². The molecule has 3 aromatic rings. The molecule has 7 nitrogen and oxygen atoms in total. The highest BCUT2D eigenvalue weighted by Crippen LogP contribution is 2.18. The van der Waals surface area contributed by atoms with Crippen LogP contribution in [0.25, 0.3) is 4.96 Å². The summed E-state index contributed by atoms with van der Waals surface area (Å²) in [6, 6.07) is 11.3. The Bertz CT molecular complexity index is 1130. The molecule has 2 aromatic heterocycles. The van der Waals surface area contributed by atoms with Crippen LogP contribution in [0.5, 0.6) is 0 Å². The number of amides is 1. The number of fused-ring (bicyclic) bond motifs is 1. The van der Waals surface area contributed by atoms with Crippen LogP contribution in [-0.2, 0) is 10.5 Å². The fourth-order valence-electron chi connectivity index (χ4n) is 3.47. The number of aromatic nitrogens is 2. The van der Waals surface area contributed by atoms with Gasteiger partial charge in [-0.3, -0.25) is 14.0 Å². The number of carbonyl (C=O) groups excluding carboxylic acids is 1. The van der Waals surface area contributed by atoms with E-state index in [0.717, 1.165) is 31.7 Å². The fourth-order valence-corrected chi connectivity index (χ4v) is 5.02. The van der Waals surface area contributed by atoms with E-state index < -0.39 is 0 Å². The highest BCUT2D eigenvalue weighted by Gasteiger charge is 2.19. The molecule has 30 heavy (non-hydrogen) atoms. The first-order valence-corrected chi connectivity index (χ1v) is 11.7. The summed E-state index contributed by atoms with van der Waals surface area (Å²) in [6.07, 6.45) is 2.63. The van der Waals surface area contributed by atoms with Gasteiger partial charge in [0.15, 0.2) is 4.96 Å². The third-order valence-electron chi connectivity index (χ3n) is 5.04. The first-order chi connectivity index (χ1) is 14.6. The second-order valence-electron chi connectivity index (χ2n) is 7.01. The SMILES string of the molecule is N#Cc1ccc(N2CCCN(C(=O)CSCc3cc(=O)n4ccsc4n3)CC2)cc1. The molecule has 9 heteroatoms. The number of nitriles is 1. The van der Waals surface area contributed by atoms with E-state index in [1.54, 1.807) is 12.3 Å². The van der Waals surface area contributed by atoms with Crippen LogP contribution >= 0.6 is 23.1 Å². The first-order valence-electron chi connectivity index (χ1n) is 9.70. The third-order valence-corrected chi connectivity index (χ3v) is 6.75. The summed E-state index contributed by atoms with van der Waals surface area (Å²) in [5.41, 5.74) is 2.36. The van der Waals surface area contributed by atoms with Crippen LogP contribution in [0, 0.1) is 11.3 Å². The van der Waals surface area contributed by atoms with Crippen molar-refractivity contribution in [2.45, 2.75) is 12.2 Å². The zero-order chi connectivity index (χ0) is 20.9. The summed E-state index contributed by atoms with van der Waals surface area (Å²) in [5, 5.41) is 10.8. The van der Waals surface area contributed by atoms with Crippen molar-refractivity contribution < 1.29 is 4.79 Å². The average molecular weight is 440 g/mol. The summed E-state index contributed by atoms with van der Waals surface area (Å²) < 4.78 is 1.53. The summed E-state index contributed by atoms with van der Waals surface area (Å²) in [5.74, 6) is 1.04. The Balaban J connectivity index is 1.29. The summed E-state index contributed by atoms with van der Waals surface area (Å²) in [6.45, 7) is 3.08. The van der Waals surface area contributed by atoms with E-state index in [0.29, 0.717) is 34.3 Å². The first kappa shape index (κ1) is 20.4. The number of thiazole rings is 1. The van der Waals surface area contributed by atoms with Crippen LogP contribution in [0.3, 0.4) is 0 Å². The Morgan fingerprint density at radius 1 is 1.20 bits per heavy atom. The van der Waals surface area contributed by atoms with Crippen LogP contribution in [-0.4, -0.2) is 52.1 Å². The molecular formula is C21H21N5O2S2. The van der Waals surface area contributed by atoms with Gasteiger partial charge in [-0.1, -0.05) is 0 Å². The van der Waals surface area contributed by atoms with E-state index in [1.807, 2.05) is 34.5 Å². The zero-order valence-corrected chi connectivity index (χ0v) is 18.0. The van der Waals surface area contributed by atoms with Gasteiger partial charge < -0.3 is 9.80 Å². The molecule has 1 aromatic carbocycles. The Labute approximate surface area is 182 Å². The molecule has 0 unspecified atom stereocenters. The monoisotopic (exact) mass is 439 g/mol. The van der Waals surface area contributed by atoms with Crippen molar-refractivity contribution in [2.75, 3.05) is 36.8 Å². The van der Waals surface area contributed by atoms with Crippen LogP contribution in [0.2, 0.25) is 0 Å². The second kappa shape index (κ2) is 9.32. The van der Waals surface area contributed by atoms with Crippen LogP contribution in [0.15, 0.2) is 46.7 Å². The minimum atomic E-state index is -0.0846. The van der Waals surface area contributed by atoms with Crippen molar-refractivity contribution in [3.05, 3.63) is 63.5 Å². The average Bonchev–Trinajstić information content (AvgIpc) is 3.10. The summed E-state index contributed by atoms with van der Waals surface area (Å²) in [4.78, 5) is 34.1. The largest absolute Gasteiger partial charge is 0.370 e. The maximum absolute atomic E-state index is 12.7. The van der Waals surface area contributed by atoms with Crippen molar-refractivity contribution in [2.24, 2.45) is 0 Å². The van der Waals surface area contributed by atoms with Crippen molar-refractivity contribution in [1.29, 1.82) is 5.26 Å². The molecular weight excluding hydrogens is 418 g/mol. The molecule has 1 saturated heterocycles. The summed E-state index contributed by atoms with van der Waals surface area (Å²) in [7, 11) is 0. The molecule has 1 amide bonds. The van der Waals surface area contributed by atoms with Gasteiger partial charge in [0, 0.05) is 55.3 Å². The fraction of sp³-hybridized carbons (Fsp3) is 0.333. The Morgan fingerprint density at radius 2 is 2.03 bits per heavy atom. The van der Waals surface area contributed by atoms with Gasteiger partial charge in [0.05, 0.1) is 23.1 Å². The van der Waals surface area contributed by atoms with E-state index in [1.165, 1.54) is 27.5 Å². The number of thioether (sulfide) groups is 1. The van der Waals surface area contributed by atoms with Gasteiger partial charge in [-0.15, -0.1) is 23.1 Å². The Kier molecular flexibility index (Phi) is 6.35. The van der Waals surface area contributed by atoms with Gasteiger partial charge in [0.25, 0.3) is 5.56 Å². The Morgan fingerprint density at radius 3 is 2.83 bits per heavy atom. The highest BCUT2D eigenvalue weighted by atomic mass is 32.2. The van der Waals surface area contributed by atoms with Gasteiger partial charge in [-0.2, -0.15) is 5.26 Å². The second-order valence-corrected chi connectivity index (χ2v) is 8.87. The Hall–Kier alpha value is -2.83. The van der Waals surface area contributed by atoms with Crippen molar-refractivity contribution in [1.82, 2.24) is 14.3 Å². The molecule has 0 radical (unpaired) electrons. The van der Waals surface area contributed by atoms with E-state index in [9.17, 15) is 9.59 Å². The van der Waals surface area contributed by atoms with E-state index in [2.05, 4.69) is 16.0 Å². The quantitative estimate of drug-likeness (QED) is 0.608. The number of carbonyl (C=O) groups is 1. The van der Waals surface area contributed by atoms with E-state index in [-0.39, 0.29) is 11.5 Å². The van der Waals surface area contributed by atoms with Crippen LogP contribution in [0.4, 0.5) is 5.69 Å². The molecule has 1 fully saturated rings. The number of nitrogens with zero attached hydrogens (tertiary/aromatic N) is 5. The minimum absolute atomic E-state index is 0.0846. The van der Waals surface area contributed by atoms with Gasteiger partial charge in [0.2, 0.25) is 5.91 Å². The number of anilines is 1. The van der Waals surface area contributed by atoms with Gasteiger partial charge >= 0.3 is 0 Å². The number of benzene rings is 1. The standard InChI is InChI=1S/C21H21N5O2S2/c22-13-16-2-4-18(5-3-16)24-6-1-7-25(9-8-24)20(28)15-29-14-17-12-19(27)26-10-11-30-21(26)23-17/h2-5,10-12H,1,6-9,14-15H2. The highest BCUT2D eigenvalue weighted by molar-refractivity contribution is 7.99. The lowest BCUT2D eigenvalue weighted by atomic mass is 10.2. The molecule has 3 heterocycles. The maximum Gasteiger partial charge on any atom is 0.258 e. The lowest BCUT2D eigenvalue weighted by Crippen LogP contribution is -2.36. The number of rotatable bonds is 5. The molecule has 0 spiro atoms. The van der Waals surface area contributed by atoms with Crippen molar-refractivity contribution in [3.8, 4) is 6.07 Å². The number of hydrogen-bond acceptors (Lipinski definition) is 7. The molecule has 0 atom stereocenters. The molecule has 1 aliphatic rings. The minimum Gasteiger partial charge on any atom is -0.370 e. The molecule has 1 aliphatic heterocycles. The van der Waals surface area contributed by atoms with Crippen molar-refractivity contribution >= 4 is 39.7 Å². The lowest BCUT2D eigenvalue weighted by molar-refractivity contribution is -0.128. The molecule has 0 saturated carbocycles. The molecule has 0 aliphatic carbocycles. The van der Waals surface area contributed by atoms with E-state index >= 15 is 0 Å². The zero-order valence-electron chi connectivity index (χ0n) is 16.4. The third kappa shape index (κ3) is 4.66. The predicted molar refractivity (Wildman–Crippen MR) is 120 cm³/mol. The van der Waals surface area contributed by atoms with Gasteiger partial charge in [-0.25, -0.2) is 4.98 Å². The maximum atomic E-state index is 12.7. The van der Waals surface area contributed by atoms with Crippen molar-refractivity contribution in [3.63, 3.8) is 0 Å². The summed E-state index contributed by atoms with van der Waals surface area (Å²) >= 11 is 2.92. The smallest absolute Gasteiger partial charge is 0.258 e. The van der Waals surface area contributed by atoms with E-state index in [4.69, 9.17) is 5.26 Å². The predicted octanol–water partition coefficient (Wildman–Crippen LogP) is 2.60. The molecule has 154 valence electrons. The molecule has 0 N–H and O–H groups in total. The van der Waals surface area contributed by atoms with Gasteiger partial charge in [-0.05, 0) is 30.7 Å². The normalized spacial score (nSPS) is 14.5. The van der Waals surface area contributed by atoms with Gasteiger partial charge in [0.1, 0.15) is 0 Å². The molecule has 4 rings (SSSR count). The van der Waals surface area contributed by atoms with Crippen LogP contribution in [0.1, 0.15) is 17.7 Å².